The summed E-state index contributed by atoms with van der Waals surface area (Å²) in [6.07, 6.45) is -6.92. The van der Waals surface area contributed by atoms with Crippen LogP contribution in [0.2, 0.25) is 0 Å². The molecule has 5 saturated carbocycles. The van der Waals surface area contributed by atoms with Gasteiger partial charge < -0.3 is 5.11 Å². The Balaban J connectivity index is 1.55. The molecule has 1 nitrogen and oxygen atoms in total. The number of alkyl halides is 6. The summed E-state index contributed by atoms with van der Waals surface area (Å²) in [5.74, 6) is -0.683. The molecule has 0 amide bonds. The highest BCUT2D eigenvalue weighted by molar-refractivity contribution is 5.30. The van der Waals surface area contributed by atoms with Crippen molar-refractivity contribution in [3.8, 4) is 0 Å². The zero-order chi connectivity index (χ0) is 17.3. The van der Waals surface area contributed by atoms with E-state index in [-0.39, 0.29) is 29.6 Å². The molecule has 136 valence electrons. The van der Waals surface area contributed by atoms with Crippen LogP contribution >= 0.6 is 0 Å². The Labute approximate surface area is 135 Å². The number of halogens is 6. The molecule has 4 bridgehead atoms. The molecule has 0 aromatic carbocycles. The number of hydrogen-bond acceptors (Lipinski definition) is 1. The Morgan fingerprint density at radius 3 is 1.96 bits per heavy atom. The van der Waals surface area contributed by atoms with E-state index in [0.717, 1.165) is 32.1 Å². The molecule has 0 saturated heterocycles. The van der Waals surface area contributed by atoms with Crippen LogP contribution in [0.4, 0.5) is 26.3 Å². The fourth-order valence-electron chi connectivity index (χ4n) is 8.19. The van der Waals surface area contributed by atoms with Gasteiger partial charge in [0.2, 0.25) is 0 Å². The molecule has 0 spiro atoms. The third-order valence-corrected chi connectivity index (χ3v) is 8.68. The van der Waals surface area contributed by atoms with Crippen molar-refractivity contribution in [2.24, 2.45) is 40.4 Å². The fourth-order valence-corrected chi connectivity index (χ4v) is 8.19. The van der Waals surface area contributed by atoms with Crippen molar-refractivity contribution in [3.63, 3.8) is 0 Å². The third kappa shape index (κ3) is 1.44. The molecule has 7 atom stereocenters. The average Bonchev–Trinajstić information content (AvgIpc) is 2.83. The molecule has 7 unspecified atom stereocenters. The Morgan fingerprint density at radius 1 is 0.792 bits per heavy atom. The molecule has 5 rings (SSSR count). The van der Waals surface area contributed by atoms with E-state index < -0.39 is 23.9 Å². The predicted molar refractivity (Wildman–Crippen MR) is 71.7 cm³/mol. The van der Waals surface area contributed by atoms with Gasteiger partial charge in [-0.25, -0.2) is 0 Å². The van der Waals surface area contributed by atoms with Crippen molar-refractivity contribution in [1.29, 1.82) is 0 Å². The third-order valence-electron chi connectivity index (χ3n) is 8.68. The molecular weight excluding hydrogens is 334 g/mol. The smallest absolute Gasteiger partial charge is 0.373 e. The van der Waals surface area contributed by atoms with E-state index >= 15 is 0 Å². The highest BCUT2D eigenvalue weighted by Crippen LogP contribution is 2.89. The summed E-state index contributed by atoms with van der Waals surface area (Å²) in [6, 6.07) is 0. The summed E-state index contributed by atoms with van der Waals surface area (Å²) in [5.41, 5.74) is -4.69. The van der Waals surface area contributed by atoms with Crippen molar-refractivity contribution in [2.45, 2.75) is 62.9 Å². The van der Waals surface area contributed by atoms with Crippen LogP contribution < -0.4 is 0 Å². The largest absolute Gasteiger partial charge is 0.426 e. The zero-order valence-electron chi connectivity index (χ0n) is 13.1. The van der Waals surface area contributed by atoms with Crippen LogP contribution in [0.1, 0.15) is 44.9 Å². The maximum absolute atomic E-state index is 13.3. The molecule has 24 heavy (non-hydrogen) atoms. The molecule has 5 aliphatic carbocycles. The van der Waals surface area contributed by atoms with Gasteiger partial charge in [-0.3, -0.25) is 0 Å². The Bertz CT molecular complexity index is 583. The minimum atomic E-state index is -5.68. The number of aliphatic hydroxyl groups is 1. The quantitative estimate of drug-likeness (QED) is 0.677. The SMILES string of the molecule is OC(C1CC2CCC3(C1)C1CCC4(CC14)C23)(C(F)(F)F)C(F)(F)F. The van der Waals surface area contributed by atoms with Gasteiger partial charge in [0.15, 0.2) is 0 Å². The van der Waals surface area contributed by atoms with Crippen molar-refractivity contribution in [2.75, 3.05) is 0 Å². The lowest BCUT2D eigenvalue weighted by molar-refractivity contribution is -0.390. The minimum Gasteiger partial charge on any atom is -0.373 e. The molecule has 0 aromatic heterocycles. The van der Waals surface area contributed by atoms with E-state index in [9.17, 15) is 31.4 Å². The number of rotatable bonds is 1. The van der Waals surface area contributed by atoms with Gasteiger partial charge in [0.25, 0.3) is 5.60 Å². The van der Waals surface area contributed by atoms with Gasteiger partial charge in [-0.15, -0.1) is 0 Å². The second-order valence-corrected chi connectivity index (χ2v) is 9.10. The molecule has 0 aromatic rings. The lowest BCUT2D eigenvalue weighted by atomic mass is 9.52. The first-order valence-electron chi connectivity index (χ1n) is 8.83. The van der Waals surface area contributed by atoms with Gasteiger partial charge in [0, 0.05) is 5.92 Å². The van der Waals surface area contributed by atoms with E-state index in [1.807, 2.05) is 0 Å². The average molecular weight is 354 g/mol. The number of hydrogen-bond donors (Lipinski definition) is 1. The van der Waals surface area contributed by atoms with Crippen LogP contribution in [0.5, 0.6) is 0 Å². The molecule has 0 aliphatic heterocycles. The van der Waals surface area contributed by atoms with Gasteiger partial charge in [-0.1, -0.05) is 0 Å². The van der Waals surface area contributed by atoms with E-state index in [1.54, 1.807) is 0 Å². The molecule has 5 fully saturated rings. The van der Waals surface area contributed by atoms with E-state index in [4.69, 9.17) is 0 Å². The molecule has 0 radical (unpaired) electrons. The summed E-state index contributed by atoms with van der Waals surface area (Å²) in [6.45, 7) is 0. The Hall–Kier alpha value is -0.460. The molecule has 5 aliphatic rings. The second-order valence-electron chi connectivity index (χ2n) is 9.10. The standard InChI is InChI=1S/C17H20F6O/c18-16(19,20)15(24,17(21,22)23)9-5-8-1-3-13(6-9)10-2-4-14(12(8)13)7-11(10)14/h8-12,24H,1-7H2. The van der Waals surface area contributed by atoms with Gasteiger partial charge in [0.1, 0.15) is 0 Å². The van der Waals surface area contributed by atoms with Crippen LogP contribution in [0.25, 0.3) is 0 Å². The van der Waals surface area contributed by atoms with E-state index in [2.05, 4.69) is 0 Å². The summed E-state index contributed by atoms with van der Waals surface area (Å²) in [7, 11) is 0. The lowest BCUT2D eigenvalue weighted by Gasteiger charge is -2.54. The van der Waals surface area contributed by atoms with Gasteiger partial charge in [-0.05, 0) is 79.4 Å². The van der Waals surface area contributed by atoms with Crippen molar-refractivity contribution < 1.29 is 31.4 Å². The Morgan fingerprint density at radius 2 is 1.38 bits per heavy atom. The van der Waals surface area contributed by atoms with Crippen LogP contribution in [-0.4, -0.2) is 23.1 Å². The van der Waals surface area contributed by atoms with E-state index in [1.165, 1.54) is 0 Å². The normalized spacial score (nSPS) is 52.4. The first-order chi connectivity index (χ1) is 11.0. The molecule has 7 heteroatoms. The topological polar surface area (TPSA) is 20.2 Å². The van der Waals surface area contributed by atoms with Crippen LogP contribution in [0.15, 0.2) is 0 Å². The van der Waals surface area contributed by atoms with E-state index in [0.29, 0.717) is 17.8 Å². The predicted octanol–water partition coefficient (Wildman–Crippen LogP) is 4.69. The highest BCUT2D eigenvalue weighted by atomic mass is 19.4. The first kappa shape index (κ1) is 15.8. The van der Waals surface area contributed by atoms with Crippen molar-refractivity contribution >= 4 is 0 Å². The zero-order valence-corrected chi connectivity index (χ0v) is 13.1. The molecule has 0 heterocycles. The maximum Gasteiger partial charge on any atom is 0.426 e. The second kappa shape index (κ2) is 3.94. The van der Waals surface area contributed by atoms with Crippen LogP contribution in [-0.2, 0) is 0 Å². The van der Waals surface area contributed by atoms with Crippen LogP contribution in [0, 0.1) is 40.4 Å². The summed E-state index contributed by atoms with van der Waals surface area (Å²) >= 11 is 0. The van der Waals surface area contributed by atoms with Crippen molar-refractivity contribution in [3.05, 3.63) is 0 Å². The first-order valence-corrected chi connectivity index (χ1v) is 8.83. The van der Waals surface area contributed by atoms with Crippen molar-refractivity contribution in [1.82, 2.24) is 0 Å². The summed E-state index contributed by atoms with van der Waals surface area (Å²) in [4.78, 5) is 0. The fraction of sp³-hybridized carbons (Fsp3) is 1.00. The molecular formula is C17H20F6O. The Kier molecular flexibility index (Phi) is 2.59. The van der Waals surface area contributed by atoms with Gasteiger partial charge in [0.05, 0.1) is 0 Å². The van der Waals surface area contributed by atoms with Gasteiger partial charge in [-0.2, -0.15) is 26.3 Å². The van der Waals surface area contributed by atoms with Gasteiger partial charge >= 0.3 is 12.4 Å². The summed E-state index contributed by atoms with van der Waals surface area (Å²) < 4.78 is 79.8. The monoisotopic (exact) mass is 354 g/mol. The maximum atomic E-state index is 13.3. The highest BCUT2D eigenvalue weighted by Gasteiger charge is 2.84. The van der Waals surface area contributed by atoms with Crippen LogP contribution in [0.3, 0.4) is 0 Å². The summed E-state index contributed by atoms with van der Waals surface area (Å²) in [5, 5.41) is 9.88. The minimum absolute atomic E-state index is 0.0738. The molecule has 1 N–H and O–H groups in total. The lowest BCUT2D eigenvalue weighted by Crippen LogP contribution is -2.64.